The minimum absolute atomic E-state index is 0.0867. The van der Waals surface area contributed by atoms with Crippen LogP contribution in [0.1, 0.15) is 23.8 Å². The van der Waals surface area contributed by atoms with Gasteiger partial charge in [0.2, 0.25) is 0 Å². The van der Waals surface area contributed by atoms with Crippen molar-refractivity contribution in [3.63, 3.8) is 0 Å². The number of fused-ring (bicyclic) bond motifs is 1. The van der Waals surface area contributed by atoms with Crippen molar-refractivity contribution in [1.82, 2.24) is 19.6 Å². The standard InChI is InChI=1S/C18H21FN4OS/c1-4-14(9-22(2)3)20-17(24)16-11-25-18-21-15(10-23(16)18)12-6-5-7-13(19)8-12/h5-8,10-11,14H,4,9H2,1-3H3,(H,20,24)/t14-/m0/s1. The first-order valence-corrected chi connectivity index (χ1v) is 9.04. The summed E-state index contributed by atoms with van der Waals surface area (Å²) in [6.07, 6.45) is 2.64. The van der Waals surface area contributed by atoms with Crippen LogP contribution in [0.25, 0.3) is 16.2 Å². The van der Waals surface area contributed by atoms with Crippen LogP contribution in [0, 0.1) is 5.82 Å². The average Bonchev–Trinajstić information content (AvgIpc) is 3.13. The Hall–Kier alpha value is -2.25. The maximum atomic E-state index is 13.4. The molecule has 0 bridgehead atoms. The van der Waals surface area contributed by atoms with Gasteiger partial charge >= 0.3 is 0 Å². The Bertz CT molecular complexity index is 886. The van der Waals surface area contributed by atoms with Crippen LogP contribution < -0.4 is 5.32 Å². The van der Waals surface area contributed by atoms with E-state index in [9.17, 15) is 9.18 Å². The fraction of sp³-hybridized carbons (Fsp3) is 0.333. The van der Waals surface area contributed by atoms with Crippen molar-refractivity contribution in [2.45, 2.75) is 19.4 Å². The number of nitrogens with one attached hydrogen (secondary N) is 1. The highest BCUT2D eigenvalue weighted by Gasteiger charge is 2.18. The Kier molecular flexibility index (Phi) is 5.15. The minimum atomic E-state index is -0.304. The van der Waals surface area contributed by atoms with Crippen LogP contribution in [0.2, 0.25) is 0 Å². The van der Waals surface area contributed by atoms with E-state index in [2.05, 4.69) is 22.1 Å². The first-order chi connectivity index (χ1) is 12.0. The molecule has 2 heterocycles. The summed E-state index contributed by atoms with van der Waals surface area (Å²) in [7, 11) is 3.97. The molecule has 5 nitrogen and oxygen atoms in total. The number of carbonyl (C=O) groups is 1. The van der Waals surface area contributed by atoms with E-state index in [1.165, 1.54) is 23.5 Å². The molecule has 0 saturated carbocycles. The lowest BCUT2D eigenvalue weighted by molar-refractivity contribution is 0.0923. The molecule has 7 heteroatoms. The van der Waals surface area contributed by atoms with Gasteiger partial charge in [0.15, 0.2) is 4.96 Å². The van der Waals surface area contributed by atoms with Gasteiger partial charge in [-0.3, -0.25) is 9.20 Å². The number of hydrogen-bond donors (Lipinski definition) is 1. The van der Waals surface area contributed by atoms with E-state index in [0.717, 1.165) is 13.0 Å². The summed E-state index contributed by atoms with van der Waals surface area (Å²) in [6, 6.07) is 6.38. The molecule has 3 rings (SSSR count). The van der Waals surface area contributed by atoms with Gasteiger partial charge in [0.05, 0.1) is 5.69 Å². The number of thiazole rings is 1. The van der Waals surface area contributed by atoms with Gasteiger partial charge in [-0.05, 0) is 32.6 Å². The Morgan fingerprint density at radius 2 is 2.24 bits per heavy atom. The molecule has 2 aromatic heterocycles. The summed E-state index contributed by atoms with van der Waals surface area (Å²) in [4.78, 5) is 19.9. The van der Waals surface area contributed by atoms with Crippen LogP contribution in [0.5, 0.6) is 0 Å². The number of imidazole rings is 1. The van der Waals surface area contributed by atoms with E-state index < -0.39 is 0 Å². The fourth-order valence-corrected chi connectivity index (χ4v) is 3.56. The average molecular weight is 360 g/mol. The van der Waals surface area contributed by atoms with Crippen LogP contribution in [0.4, 0.5) is 4.39 Å². The maximum Gasteiger partial charge on any atom is 0.269 e. The van der Waals surface area contributed by atoms with Crippen molar-refractivity contribution in [3.05, 3.63) is 47.4 Å². The van der Waals surface area contributed by atoms with Gasteiger partial charge in [-0.1, -0.05) is 19.1 Å². The number of likely N-dealkylation sites (N-methyl/N-ethyl adjacent to an activating group) is 1. The summed E-state index contributed by atoms with van der Waals surface area (Å²) >= 11 is 1.40. The molecule has 0 spiro atoms. The molecule has 0 unspecified atom stereocenters. The Balaban J connectivity index is 1.86. The second-order valence-electron chi connectivity index (χ2n) is 6.25. The molecule has 1 N–H and O–H groups in total. The summed E-state index contributed by atoms with van der Waals surface area (Å²) in [5.41, 5.74) is 1.90. The quantitative estimate of drug-likeness (QED) is 0.734. The topological polar surface area (TPSA) is 49.6 Å². The Morgan fingerprint density at radius 3 is 2.92 bits per heavy atom. The number of benzene rings is 1. The molecule has 25 heavy (non-hydrogen) atoms. The molecule has 132 valence electrons. The van der Waals surface area contributed by atoms with E-state index in [4.69, 9.17) is 0 Å². The summed E-state index contributed by atoms with van der Waals surface area (Å²) in [6.45, 7) is 2.84. The SMILES string of the molecule is CC[C@@H](CN(C)C)NC(=O)c1csc2nc(-c3cccc(F)c3)cn12. The van der Waals surface area contributed by atoms with Crippen LogP contribution in [0.3, 0.4) is 0 Å². The van der Waals surface area contributed by atoms with Gasteiger partial charge in [-0.25, -0.2) is 9.37 Å². The highest BCUT2D eigenvalue weighted by molar-refractivity contribution is 7.15. The highest BCUT2D eigenvalue weighted by Crippen LogP contribution is 2.24. The molecule has 0 saturated heterocycles. The van der Waals surface area contributed by atoms with Crippen molar-refractivity contribution >= 4 is 22.2 Å². The normalized spacial score (nSPS) is 12.7. The first-order valence-electron chi connectivity index (χ1n) is 8.16. The van der Waals surface area contributed by atoms with E-state index >= 15 is 0 Å². The van der Waals surface area contributed by atoms with Crippen LogP contribution in [-0.4, -0.2) is 46.9 Å². The van der Waals surface area contributed by atoms with Crippen LogP contribution in [0.15, 0.2) is 35.8 Å². The smallest absolute Gasteiger partial charge is 0.269 e. The molecule has 0 aliphatic carbocycles. The van der Waals surface area contributed by atoms with E-state index in [0.29, 0.717) is 21.9 Å². The summed E-state index contributed by atoms with van der Waals surface area (Å²) in [5.74, 6) is -0.426. The largest absolute Gasteiger partial charge is 0.347 e. The third kappa shape index (κ3) is 3.88. The lowest BCUT2D eigenvalue weighted by Crippen LogP contribution is -2.41. The molecule has 3 aromatic rings. The molecule has 0 aliphatic heterocycles. The molecule has 0 fully saturated rings. The second kappa shape index (κ2) is 7.33. The maximum absolute atomic E-state index is 13.4. The van der Waals surface area contributed by atoms with E-state index in [1.807, 2.05) is 14.1 Å². The number of rotatable bonds is 6. The van der Waals surface area contributed by atoms with Crippen LogP contribution >= 0.6 is 11.3 Å². The Morgan fingerprint density at radius 1 is 1.44 bits per heavy atom. The van der Waals surface area contributed by atoms with Gasteiger partial charge in [0.25, 0.3) is 5.91 Å². The van der Waals surface area contributed by atoms with Crippen molar-refractivity contribution < 1.29 is 9.18 Å². The molecule has 1 aromatic carbocycles. The molecule has 1 atom stereocenters. The monoisotopic (exact) mass is 360 g/mol. The van der Waals surface area contributed by atoms with Gasteiger partial charge < -0.3 is 10.2 Å². The van der Waals surface area contributed by atoms with Crippen molar-refractivity contribution in [3.8, 4) is 11.3 Å². The van der Waals surface area contributed by atoms with Crippen LogP contribution in [-0.2, 0) is 0 Å². The number of aromatic nitrogens is 2. The molecular weight excluding hydrogens is 339 g/mol. The molecule has 0 radical (unpaired) electrons. The zero-order valence-corrected chi connectivity index (χ0v) is 15.3. The third-order valence-corrected chi connectivity index (χ3v) is 4.82. The van der Waals surface area contributed by atoms with Crippen molar-refractivity contribution in [2.75, 3.05) is 20.6 Å². The van der Waals surface area contributed by atoms with Gasteiger partial charge in [-0.2, -0.15) is 0 Å². The third-order valence-electron chi connectivity index (χ3n) is 3.98. The Labute approximate surface area is 150 Å². The summed E-state index contributed by atoms with van der Waals surface area (Å²) < 4.78 is 15.2. The van der Waals surface area contributed by atoms with Gasteiger partial charge in [0, 0.05) is 29.7 Å². The molecule has 0 aliphatic rings. The number of carbonyl (C=O) groups excluding carboxylic acids is 1. The number of nitrogens with zero attached hydrogens (tertiary/aromatic N) is 3. The zero-order valence-electron chi connectivity index (χ0n) is 14.5. The second-order valence-corrected chi connectivity index (χ2v) is 7.09. The predicted molar refractivity (Wildman–Crippen MR) is 98.6 cm³/mol. The molecular formula is C18H21FN4OS. The number of hydrogen-bond acceptors (Lipinski definition) is 4. The van der Waals surface area contributed by atoms with E-state index in [-0.39, 0.29) is 17.8 Å². The lowest BCUT2D eigenvalue weighted by Gasteiger charge is -2.20. The van der Waals surface area contributed by atoms with Gasteiger partial charge in [-0.15, -0.1) is 11.3 Å². The minimum Gasteiger partial charge on any atom is -0.347 e. The molecule has 1 amide bonds. The van der Waals surface area contributed by atoms with Crippen molar-refractivity contribution in [1.29, 1.82) is 0 Å². The van der Waals surface area contributed by atoms with Crippen molar-refractivity contribution in [2.24, 2.45) is 0 Å². The first kappa shape index (κ1) is 17.6. The fourth-order valence-electron chi connectivity index (χ4n) is 2.71. The lowest BCUT2D eigenvalue weighted by atomic mass is 10.2. The van der Waals surface area contributed by atoms with Gasteiger partial charge in [0.1, 0.15) is 11.5 Å². The number of amides is 1. The predicted octanol–water partition coefficient (Wildman–Crippen LogP) is 3.27. The highest BCUT2D eigenvalue weighted by atomic mass is 32.1. The zero-order chi connectivity index (χ0) is 18.0. The van der Waals surface area contributed by atoms with E-state index in [1.54, 1.807) is 28.1 Å². The summed E-state index contributed by atoms with van der Waals surface area (Å²) in [5, 5.41) is 4.87. The number of halogens is 1.